The fourth-order valence-electron chi connectivity index (χ4n) is 11.0. The lowest BCUT2D eigenvalue weighted by molar-refractivity contribution is -0.157. The van der Waals surface area contributed by atoms with Crippen LogP contribution in [0.2, 0.25) is 5.02 Å². The van der Waals surface area contributed by atoms with E-state index in [-0.39, 0.29) is 145 Å². The third-order valence-electron chi connectivity index (χ3n) is 14.7. The van der Waals surface area contributed by atoms with Gasteiger partial charge >= 0.3 is 18.1 Å². The summed E-state index contributed by atoms with van der Waals surface area (Å²) >= 11 is 7.72. The van der Waals surface area contributed by atoms with Gasteiger partial charge in [-0.3, -0.25) is 19.8 Å². The average molecular weight is 1060 g/mol. The Morgan fingerprint density at radius 3 is 2.56 bits per heavy atom. The van der Waals surface area contributed by atoms with Gasteiger partial charge in [-0.05, 0) is 68.6 Å². The van der Waals surface area contributed by atoms with Gasteiger partial charge in [0.2, 0.25) is 0 Å². The Morgan fingerprint density at radius 2 is 1.84 bits per heavy atom. The van der Waals surface area contributed by atoms with Crippen molar-refractivity contribution in [2.24, 2.45) is 0 Å². The van der Waals surface area contributed by atoms with Crippen molar-refractivity contribution in [2.45, 2.75) is 50.5 Å². The topological polar surface area (TPSA) is 231 Å². The van der Waals surface area contributed by atoms with Crippen LogP contribution in [0.25, 0.3) is 45.1 Å². The molecule has 3 fully saturated rings. The number of nitrogens with zero attached hydrogens (tertiary/aromatic N) is 8. The van der Waals surface area contributed by atoms with Crippen LogP contribution in [0.3, 0.4) is 0 Å². The Hall–Kier alpha value is -7.84. The minimum absolute atomic E-state index is 0.0166. The lowest BCUT2D eigenvalue weighted by atomic mass is 9.95. The van der Waals surface area contributed by atoms with E-state index in [2.05, 4.69) is 33.3 Å². The van der Waals surface area contributed by atoms with Gasteiger partial charge in [0.25, 0.3) is 11.5 Å². The molecule has 2 amide bonds. The summed E-state index contributed by atoms with van der Waals surface area (Å²) in [6, 6.07) is 9.05. The molecule has 2 aromatic carbocycles. The fourth-order valence-corrected chi connectivity index (χ4v) is 12.1. The van der Waals surface area contributed by atoms with Crippen molar-refractivity contribution >= 4 is 91.1 Å². The second-order valence-corrected chi connectivity index (χ2v) is 20.4. The molecule has 0 bridgehead atoms. The molecule has 11 rings (SSSR count). The number of aliphatic hydroxyl groups excluding tert-OH is 1. The normalized spacial score (nSPS) is 18.3. The number of ether oxygens (including phenoxy) is 3. The molecule has 5 aliphatic heterocycles. The number of nitrogens with one attached hydrogen (secondary N) is 1. The molecule has 0 spiro atoms. The number of fused-ring (bicyclic) bond motifs is 7. The molecule has 18 nitrogen and oxygen atoms in total. The standard InChI is InChI=1S/C52H44ClF3N10O8S/c1-3-28(39-31(20-57)45(58)75-38(39)19-54)40-33(53)16-30-43(41(40)56)61-50(74-24-52-6-4-8-65(52)9-5-7-52)62-46(30)63-10-12-64(13-11-63)47(68)25(2)22-73-51(71)60-36-15-26-14-27-21-66-37(42(27)59-35(26)18-34(36)55)17-29-32(48(66)69)23-72-49(70)44(29)67/h3,14-19,44,67H,1-2,4-13,21-24,58H2,(H,60,71)/b38-19-,39-28+. The lowest BCUT2D eigenvalue weighted by Gasteiger charge is -2.36. The molecule has 3 saturated heterocycles. The van der Waals surface area contributed by atoms with E-state index in [4.69, 9.17) is 36.5 Å². The predicted octanol–water partition coefficient (Wildman–Crippen LogP) is 5.46. The largest absolute Gasteiger partial charge is 0.461 e. The second-order valence-electron chi connectivity index (χ2n) is 18.9. The van der Waals surface area contributed by atoms with Gasteiger partial charge in [-0.15, -0.1) is 11.3 Å². The Morgan fingerprint density at radius 1 is 1.08 bits per heavy atom. The number of benzene rings is 2. The van der Waals surface area contributed by atoms with E-state index in [1.807, 2.05) is 11.0 Å². The molecule has 75 heavy (non-hydrogen) atoms. The van der Waals surface area contributed by atoms with Crippen LogP contribution >= 0.6 is 22.9 Å². The quantitative estimate of drug-likeness (QED) is 0.114. The molecule has 0 radical (unpaired) electrons. The Kier molecular flexibility index (Phi) is 12.6. The highest BCUT2D eigenvalue weighted by molar-refractivity contribution is 7.14. The van der Waals surface area contributed by atoms with E-state index in [1.165, 1.54) is 33.7 Å². The van der Waals surface area contributed by atoms with Gasteiger partial charge < -0.3 is 39.4 Å². The smallest absolute Gasteiger partial charge is 0.412 e. The first kappa shape index (κ1) is 49.4. The minimum Gasteiger partial charge on any atom is -0.461 e. The summed E-state index contributed by atoms with van der Waals surface area (Å²) in [7, 11) is 0. The summed E-state index contributed by atoms with van der Waals surface area (Å²) in [4.78, 5) is 71.8. The van der Waals surface area contributed by atoms with Gasteiger partial charge in [0, 0.05) is 70.5 Å². The van der Waals surface area contributed by atoms with Crippen LogP contribution < -0.4 is 36.0 Å². The van der Waals surface area contributed by atoms with Crippen molar-refractivity contribution in [3.8, 4) is 23.5 Å². The molecule has 4 aromatic heterocycles. The molecule has 1 unspecified atom stereocenters. The number of hydrogen-bond donors (Lipinski definition) is 3. The number of rotatable bonds is 10. The number of esters is 1. The molecular formula is C52H44ClF3N10O8S. The molecule has 6 aromatic rings. The number of nitrogen functional groups attached to an aromatic ring is 1. The highest BCUT2D eigenvalue weighted by Gasteiger charge is 2.45. The summed E-state index contributed by atoms with van der Waals surface area (Å²) in [6.07, 6.45) is 2.76. The van der Waals surface area contributed by atoms with Crippen LogP contribution in [0.1, 0.15) is 59.6 Å². The zero-order chi connectivity index (χ0) is 52.6. The Bertz CT molecular complexity index is 3750. The summed E-state index contributed by atoms with van der Waals surface area (Å²) in [5, 5.41) is 23.4. The number of halogens is 4. The number of aliphatic hydroxyl groups is 1. The number of nitriles is 1. The SMILES string of the molecule is C=C/C(c1c(Cl)cc2c(N3CCN(C(=O)C(=C)COC(=O)Nc4cc5cc6c(nc5cc4F)-c4cc5c(c(=O)n4C6)COC(=O)C5O)CC3)nc(OCC34CCCN3CCC4)nc2c1F)=c1/c(C#N)c(N)s/c1=C\F. The number of anilines is 3. The summed E-state index contributed by atoms with van der Waals surface area (Å²) < 4.78 is 65.1. The first-order chi connectivity index (χ1) is 36.1. The maximum absolute atomic E-state index is 17.3. The number of hydrogen-bond acceptors (Lipinski definition) is 16. The number of amides is 2. The van der Waals surface area contributed by atoms with Crippen molar-refractivity contribution in [1.82, 2.24) is 29.3 Å². The number of carbonyl (C=O) groups excluding carboxylic acids is 3. The van der Waals surface area contributed by atoms with E-state index >= 15 is 8.78 Å². The van der Waals surface area contributed by atoms with Gasteiger partial charge in [-0.25, -0.2) is 27.7 Å². The number of piperazine rings is 1. The van der Waals surface area contributed by atoms with E-state index in [0.717, 1.165) is 56.2 Å². The molecule has 23 heteroatoms. The lowest BCUT2D eigenvalue weighted by Crippen LogP contribution is -2.49. The van der Waals surface area contributed by atoms with Crippen LogP contribution in [0.4, 0.5) is 34.5 Å². The Balaban J connectivity index is 0.790. The molecule has 0 aliphatic carbocycles. The molecule has 4 N–H and O–H groups in total. The molecule has 384 valence electrons. The number of allylic oxidation sites excluding steroid dienone is 1. The minimum atomic E-state index is -1.63. The number of thiophene rings is 1. The predicted molar refractivity (Wildman–Crippen MR) is 272 cm³/mol. The third-order valence-corrected chi connectivity index (χ3v) is 15.9. The number of cyclic esters (lactones) is 1. The third kappa shape index (κ3) is 8.39. The van der Waals surface area contributed by atoms with Gasteiger partial charge in [-0.1, -0.05) is 30.8 Å². The van der Waals surface area contributed by atoms with E-state index in [0.29, 0.717) is 22.3 Å². The number of carbonyl (C=O) groups is 3. The van der Waals surface area contributed by atoms with Crippen LogP contribution in [0.5, 0.6) is 6.01 Å². The van der Waals surface area contributed by atoms with Gasteiger partial charge in [0.05, 0.1) is 55.4 Å². The molecule has 5 aliphatic rings. The fraction of sp³-hybridized carbons (Fsp3) is 0.308. The van der Waals surface area contributed by atoms with Gasteiger partial charge in [0.1, 0.15) is 54.4 Å². The zero-order valence-corrected chi connectivity index (χ0v) is 41.4. The summed E-state index contributed by atoms with van der Waals surface area (Å²) in [6.45, 7) is 9.85. The zero-order valence-electron chi connectivity index (χ0n) is 39.8. The van der Waals surface area contributed by atoms with Crippen molar-refractivity contribution in [2.75, 3.05) is 68.4 Å². The first-order valence-corrected chi connectivity index (χ1v) is 25.1. The Labute approximate surface area is 433 Å². The number of aromatic nitrogens is 4. The van der Waals surface area contributed by atoms with Crippen molar-refractivity contribution in [1.29, 1.82) is 5.26 Å². The van der Waals surface area contributed by atoms with E-state index in [1.54, 1.807) is 6.07 Å². The number of nitrogens with two attached hydrogens (primary N) is 1. The van der Waals surface area contributed by atoms with Gasteiger partial charge in [-0.2, -0.15) is 15.2 Å². The van der Waals surface area contributed by atoms with Crippen LogP contribution in [0.15, 0.2) is 59.9 Å². The maximum atomic E-state index is 17.3. The highest BCUT2D eigenvalue weighted by atomic mass is 35.5. The van der Waals surface area contributed by atoms with Crippen molar-refractivity contribution in [3.05, 3.63) is 120 Å². The van der Waals surface area contributed by atoms with Crippen molar-refractivity contribution < 1.29 is 46.9 Å². The summed E-state index contributed by atoms with van der Waals surface area (Å²) in [5.41, 5.74) is 6.57. The van der Waals surface area contributed by atoms with E-state index in [9.17, 15) is 33.9 Å². The second kappa shape index (κ2) is 19.1. The number of pyridine rings is 2. The van der Waals surface area contributed by atoms with Crippen LogP contribution in [-0.2, 0) is 32.2 Å². The van der Waals surface area contributed by atoms with Gasteiger partial charge in [0.15, 0.2) is 11.9 Å². The first-order valence-electron chi connectivity index (χ1n) is 23.9. The molecule has 0 saturated carbocycles. The van der Waals surface area contributed by atoms with Crippen molar-refractivity contribution in [3.63, 3.8) is 0 Å². The maximum Gasteiger partial charge on any atom is 0.412 e. The van der Waals surface area contributed by atoms with E-state index < -0.39 is 47.9 Å². The molecular weight excluding hydrogens is 1020 g/mol. The monoisotopic (exact) mass is 1060 g/mol. The highest BCUT2D eigenvalue weighted by Crippen LogP contribution is 2.41. The molecule has 9 heterocycles. The summed E-state index contributed by atoms with van der Waals surface area (Å²) in [5.74, 6) is -2.83. The van der Waals surface area contributed by atoms with Crippen LogP contribution in [0, 0.1) is 23.0 Å². The molecule has 1 atom stereocenters. The van der Waals surface area contributed by atoms with Crippen LogP contribution in [-0.4, -0.2) is 110 Å². The average Bonchev–Trinajstić information content (AvgIpc) is 4.19.